The number of pyridine rings is 1. The number of carbonyl (C=O) groups is 2. The van der Waals surface area contributed by atoms with Crippen molar-refractivity contribution in [3.8, 4) is 0 Å². The number of halogens is 2. The molecule has 1 unspecified atom stereocenters. The van der Waals surface area contributed by atoms with E-state index >= 15 is 0 Å². The highest BCUT2D eigenvalue weighted by Crippen LogP contribution is 2.22. The Morgan fingerprint density at radius 2 is 2.08 bits per heavy atom. The van der Waals surface area contributed by atoms with E-state index in [1.54, 1.807) is 18.2 Å². The minimum Gasteiger partial charge on any atom is -0.448 e. The fourth-order valence-corrected chi connectivity index (χ4v) is 2.95. The number of esters is 1. The summed E-state index contributed by atoms with van der Waals surface area (Å²) in [7, 11) is 0. The van der Waals surface area contributed by atoms with Crippen molar-refractivity contribution in [2.24, 2.45) is 0 Å². The first kappa shape index (κ1) is 17.5. The van der Waals surface area contributed by atoms with Gasteiger partial charge in [0.25, 0.3) is 5.91 Å². The molecule has 1 amide bonds. The maximum Gasteiger partial charge on any atom is 0.339 e. The largest absolute Gasteiger partial charge is 0.448 e. The van der Waals surface area contributed by atoms with Gasteiger partial charge in [-0.1, -0.05) is 41.4 Å². The van der Waals surface area contributed by atoms with E-state index in [-0.39, 0.29) is 5.91 Å². The zero-order chi connectivity index (χ0) is 17.8. The Labute approximate surface area is 154 Å². The summed E-state index contributed by atoms with van der Waals surface area (Å²) in [5.74, 6) is -0.324. The second-order valence-corrected chi connectivity index (χ2v) is 6.30. The van der Waals surface area contributed by atoms with E-state index in [2.05, 4.69) is 15.6 Å². The van der Waals surface area contributed by atoms with Crippen LogP contribution in [0.1, 0.15) is 15.9 Å². The van der Waals surface area contributed by atoms with Gasteiger partial charge in [0.15, 0.2) is 6.10 Å². The van der Waals surface area contributed by atoms with Crippen molar-refractivity contribution in [1.29, 1.82) is 0 Å². The van der Waals surface area contributed by atoms with Crippen LogP contribution >= 0.6 is 23.2 Å². The molecule has 1 aromatic carbocycles. The van der Waals surface area contributed by atoms with Gasteiger partial charge in [0.1, 0.15) is 5.82 Å². The lowest BCUT2D eigenvalue weighted by Gasteiger charge is -2.23. The lowest BCUT2D eigenvalue weighted by molar-refractivity contribution is -0.130. The Morgan fingerprint density at radius 3 is 2.88 bits per heavy atom. The molecule has 25 heavy (non-hydrogen) atoms. The summed E-state index contributed by atoms with van der Waals surface area (Å²) in [6.45, 7) is 0.743. The first-order valence-electron chi connectivity index (χ1n) is 7.66. The van der Waals surface area contributed by atoms with E-state index in [1.807, 2.05) is 12.1 Å². The summed E-state index contributed by atoms with van der Waals surface area (Å²) >= 11 is 11.8. The molecule has 0 radical (unpaired) electrons. The van der Waals surface area contributed by atoms with E-state index in [1.165, 1.54) is 6.20 Å². The van der Waals surface area contributed by atoms with Gasteiger partial charge in [-0.05, 0) is 17.7 Å². The summed E-state index contributed by atoms with van der Waals surface area (Å²) in [6.07, 6.45) is 1.03. The fourth-order valence-electron chi connectivity index (χ4n) is 2.50. The number of amides is 1. The van der Waals surface area contributed by atoms with E-state index in [4.69, 9.17) is 27.9 Å². The normalized spacial score (nSPS) is 15.9. The smallest absolute Gasteiger partial charge is 0.339 e. The van der Waals surface area contributed by atoms with Gasteiger partial charge in [0.05, 0.1) is 15.6 Å². The summed E-state index contributed by atoms with van der Waals surface area (Å²) in [5.41, 5.74) is 1.32. The van der Waals surface area contributed by atoms with Gasteiger partial charge in [0.2, 0.25) is 0 Å². The number of hydrogen-bond donors (Lipinski definition) is 2. The van der Waals surface area contributed by atoms with Crippen LogP contribution in [-0.4, -0.2) is 36.1 Å². The Bertz CT molecular complexity index is 813. The number of carbonyl (C=O) groups excluding carboxylic acids is 2. The molecule has 0 aliphatic carbocycles. The summed E-state index contributed by atoms with van der Waals surface area (Å²) < 4.78 is 5.20. The standard InChI is InChI=1S/C17H15Cl2N3O3/c18-11-8-13(19)15(22-9-11)20-5-6-21-16(23)14-7-10-3-1-2-4-12(10)17(24)25-14/h1-4,8-9,14H,5-7H2,(H,20,22)(H,21,23). The number of anilines is 1. The highest BCUT2D eigenvalue weighted by molar-refractivity contribution is 6.35. The highest BCUT2D eigenvalue weighted by Gasteiger charge is 2.30. The Balaban J connectivity index is 1.49. The number of cyclic esters (lactones) is 1. The lowest BCUT2D eigenvalue weighted by Crippen LogP contribution is -2.43. The van der Waals surface area contributed by atoms with Crippen molar-refractivity contribution in [3.05, 3.63) is 57.7 Å². The van der Waals surface area contributed by atoms with Gasteiger partial charge < -0.3 is 15.4 Å². The van der Waals surface area contributed by atoms with Crippen molar-refractivity contribution in [2.45, 2.75) is 12.5 Å². The highest BCUT2D eigenvalue weighted by atomic mass is 35.5. The zero-order valence-corrected chi connectivity index (χ0v) is 14.6. The van der Waals surface area contributed by atoms with E-state index < -0.39 is 12.1 Å². The number of benzene rings is 1. The Kier molecular flexibility index (Phi) is 5.40. The van der Waals surface area contributed by atoms with Gasteiger partial charge in [-0.25, -0.2) is 9.78 Å². The maximum atomic E-state index is 12.2. The van der Waals surface area contributed by atoms with E-state index in [0.29, 0.717) is 40.9 Å². The molecule has 1 aliphatic heterocycles. The first-order valence-corrected chi connectivity index (χ1v) is 8.41. The average molecular weight is 380 g/mol. The molecule has 1 aliphatic rings. The van der Waals surface area contributed by atoms with E-state index in [0.717, 1.165) is 5.56 Å². The molecule has 2 heterocycles. The van der Waals surface area contributed by atoms with Gasteiger partial charge in [-0.15, -0.1) is 0 Å². The monoisotopic (exact) mass is 379 g/mol. The summed E-state index contributed by atoms with van der Waals surface area (Å²) in [4.78, 5) is 28.2. The summed E-state index contributed by atoms with van der Waals surface area (Å²) in [5, 5.41) is 6.58. The molecule has 0 bridgehead atoms. The van der Waals surface area contributed by atoms with Gasteiger partial charge >= 0.3 is 5.97 Å². The molecule has 0 saturated heterocycles. The molecule has 1 aromatic heterocycles. The predicted molar refractivity (Wildman–Crippen MR) is 95.1 cm³/mol. The molecule has 8 heteroatoms. The van der Waals surface area contributed by atoms with Crippen molar-refractivity contribution >= 4 is 40.9 Å². The van der Waals surface area contributed by atoms with Crippen molar-refractivity contribution < 1.29 is 14.3 Å². The molecule has 1 atom stereocenters. The fraction of sp³-hybridized carbons (Fsp3) is 0.235. The topological polar surface area (TPSA) is 80.3 Å². The summed E-state index contributed by atoms with van der Waals surface area (Å²) in [6, 6.07) is 8.70. The Hall–Kier alpha value is -2.31. The third-order valence-corrected chi connectivity index (χ3v) is 4.20. The van der Waals surface area contributed by atoms with Crippen LogP contribution in [-0.2, 0) is 16.0 Å². The van der Waals surface area contributed by atoms with Crippen LogP contribution in [0, 0.1) is 0 Å². The average Bonchev–Trinajstić information content (AvgIpc) is 2.60. The maximum absolute atomic E-state index is 12.2. The van der Waals surface area contributed by atoms with Crippen molar-refractivity contribution in [2.75, 3.05) is 18.4 Å². The third kappa shape index (κ3) is 4.21. The predicted octanol–water partition coefficient (Wildman–Crippen LogP) is 2.70. The molecule has 0 saturated carbocycles. The van der Waals surface area contributed by atoms with Crippen LogP contribution < -0.4 is 10.6 Å². The number of nitrogens with one attached hydrogen (secondary N) is 2. The van der Waals surface area contributed by atoms with Crippen molar-refractivity contribution in [3.63, 3.8) is 0 Å². The second kappa shape index (κ2) is 7.72. The number of hydrogen-bond acceptors (Lipinski definition) is 5. The van der Waals surface area contributed by atoms with Crippen LogP contribution in [0.15, 0.2) is 36.5 Å². The van der Waals surface area contributed by atoms with Crippen LogP contribution in [0.3, 0.4) is 0 Å². The van der Waals surface area contributed by atoms with Crippen LogP contribution in [0.2, 0.25) is 10.0 Å². The molecular weight excluding hydrogens is 365 g/mol. The molecule has 0 spiro atoms. The molecule has 2 N–H and O–H groups in total. The quantitative estimate of drug-likeness (QED) is 0.616. The van der Waals surface area contributed by atoms with Gasteiger partial charge in [0, 0.05) is 25.7 Å². The number of aromatic nitrogens is 1. The first-order chi connectivity index (χ1) is 12.0. The van der Waals surface area contributed by atoms with Crippen molar-refractivity contribution in [1.82, 2.24) is 10.3 Å². The molecule has 2 aromatic rings. The molecular formula is C17H15Cl2N3O3. The number of rotatable bonds is 5. The minimum atomic E-state index is -0.820. The number of fused-ring (bicyclic) bond motifs is 1. The molecule has 0 fully saturated rings. The SMILES string of the molecule is O=C1OC(C(=O)NCCNc2ncc(Cl)cc2Cl)Cc2ccccc21. The third-order valence-electron chi connectivity index (χ3n) is 3.71. The van der Waals surface area contributed by atoms with Gasteiger partial charge in [-0.3, -0.25) is 4.79 Å². The molecule has 130 valence electrons. The molecule has 3 rings (SSSR count). The number of ether oxygens (including phenoxy) is 1. The van der Waals surface area contributed by atoms with Crippen LogP contribution in [0.25, 0.3) is 0 Å². The van der Waals surface area contributed by atoms with E-state index in [9.17, 15) is 9.59 Å². The number of nitrogens with zero attached hydrogens (tertiary/aromatic N) is 1. The minimum absolute atomic E-state index is 0.329. The van der Waals surface area contributed by atoms with Gasteiger partial charge in [-0.2, -0.15) is 0 Å². The Morgan fingerprint density at radius 1 is 1.28 bits per heavy atom. The molecule has 6 nitrogen and oxygen atoms in total. The zero-order valence-electron chi connectivity index (χ0n) is 13.1. The van der Waals surface area contributed by atoms with Crippen LogP contribution in [0.4, 0.5) is 5.82 Å². The second-order valence-electron chi connectivity index (χ2n) is 5.46. The van der Waals surface area contributed by atoms with Crippen LogP contribution in [0.5, 0.6) is 0 Å². The lowest BCUT2D eigenvalue weighted by atomic mass is 9.98.